The van der Waals surface area contributed by atoms with Crippen molar-refractivity contribution in [2.45, 2.75) is 57.5 Å². The number of rotatable bonds is 5. The maximum absolute atomic E-state index is 14.4. The third-order valence-electron chi connectivity index (χ3n) is 7.35. The van der Waals surface area contributed by atoms with E-state index in [4.69, 9.17) is 9.72 Å². The molecule has 0 radical (unpaired) electrons. The van der Waals surface area contributed by atoms with E-state index in [0.29, 0.717) is 28.3 Å². The minimum Gasteiger partial charge on any atom is -0.421 e. The molecule has 0 atom stereocenters. The number of nitrogens with zero attached hydrogens (tertiary/aromatic N) is 4. The van der Waals surface area contributed by atoms with E-state index in [1.54, 1.807) is 27.0 Å². The Hall–Kier alpha value is -3.33. The van der Waals surface area contributed by atoms with E-state index in [9.17, 15) is 9.50 Å². The summed E-state index contributed by atoms with van der Waals surface area (Å²) in [5, 5.41) is 14.8. The van der Waals surface area contributed by atoms with Gasteiger partial charge in [0.2, 0.25) is 0 Å². The Morgan fingerprint density at radius 1 is 1.18 bits per heavy atom. The number of anilines is 1. The van der Waals surface area contributed by atoms with Gasteiger partial charge in [0.25, 0.3) is 0 Å². The highest BCUT2D eigenvalue weighted by molar-refractivity contribution is 6.11. The molecular formula is C25H27FN6O2. The minimum absolute atomic E-state index is 0.190. The van der Waals surface area contributed by atoms with Gasteiger partial charge in [0.1, 0.15) is 17.1 Å². The van der Waals surface area contributed by atoms with Crippen LogP contribution in [-0.2, 0) is 5.60 Å². The summed E-state index contributed by atoms with van der Waals surface area (Å²) in [5.41, 5.74) is 2.28. The summed E-state index contributed by atoms with van der Waals surface area (Å²) in [7, 11) is 1.77. The number of benzene rings is 1. The maximum atomic E-state index is 14.4. The van der Waals surface area contributed by atoms with Crippen molar-refractivity contribution >= 4 is 27.6 Å². The summed E-state index contributed by atoms with van der Waals surface area (Å²) in [6.07, 6.45) is 9.02. The molecule has 0 amide bonds. The first kappa shape index (κ1) is 21.2. The van der Waals surface area contributed by atoms with Gasteiger partial charge in [-0.2, -0.15) is 9.97 Å². The molecule has 1 aromatic carbocycles. The van der Waals surface area contributed by atoms with Crippen molar-refractivity contribution in [2.75, 3.05) is 12.4 Å². The first-order valence-corrected chi connectivity index (χ1v) is 11.7. The molecule has 2 aliphatic rings. The van der Waals surface area contributed by atoms with Gasteiger partial charge in [-0.3, -0.25) is 0 Å². The third-order valence-corrected chi connectivity index (χ3v) is 7.35. The van der Waals surface area contributed by atoms with E-state index in [-0.39, 0.29) is 17.7 Å². The predicted octanol–water partition coefficient (Wildman–Crippen LogP) is 5.15. The number of aromatic nitrogens is 5. The number of H-pyrrole nitrogens is 1. The van der Waals surface area contributed by atoms with Crippen LogP contribution in [0.15, 0.2) is 24.5 Å². The van der Waals surface area contributed by atoms with Crippen molar-refractivity contribution in [3.05, 3.63) is 41.9 Å². The quantitative estimate of drug-likeness (QED) is 0.376. The highest BCUT2D eigenvalue weighted by Crippen LogP contribution is 2.62. The zero-order chi connectivity index (χ0) is 23.7. The topological polar surface area (TPSA) is 109 Å². The zero-order valence-electron chi connectivity index (χ0n) is 19.4. The third kappa shape index (κ3) is 3.37. The van der Waals surface area contributed by atoms with E-state index >= 15 is 0 Å². The zero-order valence-corrected chi connectivity index (χ0v) is 19.4. The molecular weight excluding hydrogens is 435 g/mol. The molecule has 2 aliphatic carbocycles. The Kier molecular flexibility index (Phi) is 4.58. The highest BCUT2D eigenvalue weighted by Gasteiger charge is 2.49. The van der Waals surface area contributed by atoms with E-state index in [1.165, 1.54) is 37.7 Å². The van der Waals surface area contributed by atoms with Gasteiger partial charge < -0.3 is 20.1 Å². The molecule has 0 unspecified atom stereocenters. The predicted molar refractivity (Wildman–Crippen MR) is 127 cm³/mol. The molecule has 6 rings (SSSR count). The summed E-state index contributed by atoms with van der Waals surface area (Å²) in [6.45, 7) is 3.25. The Morgan fingerprint density at radius 2 is 1.91 bits per heavy atom. The summed E-state index contributed by atoms with van der Waals surface area (Å²) < 4.78 is 20.4. The molecule has 9 heteroatoms. The Labute approximate surface area is 196 Å². The van der Waals surface area contributed by atoms with Crippen LogP contribution in [0, 0.1) is 11.2 Å². The average Bonchev–Trinajstić information content (AvgIpc) is 3.09. The fourth-order valence-corrected chi connectivity index (χ4v) is 5.46. The number of fused-ring (bicyclic) bond motifs is 3. The van der Waals surface area contributed by atoms with Crippen molar-refractivity contribution in [2.24, 2.45) is 5.41 Å². The summed E-state index contributed by atoms with van der Waals surface area (Å²) in [6, 6.07) is 3.20. The van der Waals surface area contributed by atoms with Gasteiger partial charge in [-0.1, -0.05) is 6.42 Å². The molecule has 3 heterocycles. The van der Waals surface area contributed by atoms with E-state index in [1.807, 2.05) is 0 Å². The first-order valence-electron chi connectivity index (χ1n) is 11.7. The number of aliphatic hydroxyl groups is 1. The van der Waals surface area contributed by atoms with Crippen LogP contribution in [0.25, 0.3) is 21.9 Å². The standard InChI is InChI=1S/C25H27FN6O2/c1-24(2,33)22-28-11-15(12-29-22)34-23-31-19(13-9-25(10-13)5-4-6-25)18-16-7-14(26)8-17(27-3)20(16)30-21(18)32-23/h7-8,11-13,27,33H,4-6,9-10H2,1-3H3,(H,30,31,32). The number of halogens is 1. The van der Waals surface area contributed by atoms with Crippen LogP contribution in [-0.4, -0.2) is 37.1 Å². The minimum atomic E-state index is -1.15. The van der Waals surface area contributed by atoms with E-state index in [0.717, 1.165) is 34.8 Å². The Bertz CT molecular complexity index is 1400. The fraction of sp³-hybridized carbons (Fsp3) is 0.440. The van der Waals surface area contributed by atoms with Crippen LogP contribution < -0.4 is 10.1 Å². The van der Waals surface area contributed by atoms with Crippen molar-refractivity contribution < 1.29 is 14.2 Å². The number of aromatic amines is 1. The van der Waals surface area contributed by atoms with Crippen molar-refractivity contribution in [3.63, 3.8) is 0 Å². The normalized spacial score (nSPS) is 17.7. The molecule has 176 valence electrons. The van der Waals surface area contributed by atoms with Crippen LogP contribution in [0.2, 0.25) is 0 Å². The van der Waals surface area contributed by atoms with Gasteiger partial charge in [0.15, 0.2) is 11.6 Å². The molecule has 3 aromatic heterocycles. The highest BCUT2D eigenvalue weighted by atomic mass is 19.1. The number of hydrogen-bond acceptors (Lipinski definition) is 7. The number of hydrogen-bond donors (Lipinski definition) is 3. The molecule has 34 heavy (non-hydrogen) atoms. The van der Waals surface area contributed by atoms with Gasteiger partial charge >= 0.3 is 6.01 Å². The van der Waals surface area contributed by atoms with Gasteiger partial charge in [0, 0.05) is 23.7 Å². The summed E-state index contributed by atoms with van der Waals surface area (Å²) in [4.78, 5) is 21.2. The molecule has 4 aromatic rings. The fourth-order valence-electron chi connectivity index (χ4n) is 5.46. The molecule has 0 aliphatic heterocycles. The molecule has 8 nitrogen and oxygen atoms in total. The van der Waals surface area contributed by atoms with E-state index in [2.05, 4.69) is 25.3 Å². The van der Waals surface area contributed by atoms with Gasteiger partial charge in [0.05, 0.1) is 29.3 Å². The molecule has 2 saturated carbocycles. The van der Waals surface area contributed by atoms with Gasteiger partial charge in [-0.05, 0) is 57.1 Å². The SMILES string of the molecule is CNc1cc(F)cc2c1[nH]c1nc(Oc3cnc(C(C)(C)O)nc3)nc(C3CC4(CCC4)C3)c12. The maximum Gasteiger partial charge on any atom is 0.324 e. The van der Waals surface area contributed by atoms with Crippen LogP contribution in [0.3, 0.4) is 0 Å². The second kappa shape index (κ2) is 7.33. The lowest BCUT2D eigenvalue weighted by Gasteiger charge is -2.54. The van der Waals surface area contributed by atoms with Gasteiger partial charge in [-0.15, -0.1) is 0 Å². The average molecular weight is 463 g/mol. The lowest BCUT2D eigenvalue weighted by molar-refractivity contribution is 0.00799. The molecule has 3 N–H and O–H groups in total. The Balaban J connectivity index is 1.45. The molecule has 0 saturated heterocycles. The van der Waals surface area contributed by atoms with Gasteiger partial charge in [-0.25, -0.2) is 14.4 Å². The second-order valence-electron chi connectivity index (χ2n) is 10.2. The monoisotopic (exact) mass is 462 g/mol. The Morgan fingerprint density at radius 3 is 2.53 bits per heavy atom. The van der Waals surface area contributed by atoms with Crippen LogP contribution in [0.1, 0.15) is 63.4 Å². The molecule has 2 fully saturated rings. The van der Waals surface area contributed by atoms with Crippen molar-refractivity contribution in [1.29, 1.82) is 0 Å². The van der Waals surface area contributed by atoms with Crippen molar-refractivity contribution in [1.82, 2.24) is 24.9 Å². The lowest BCUT2D eigenvalue weighted by Crippen LogP contribution is -2.41. The van der Waals surface area contributed by atoms with Crippen LogP contribution in [0.4, 0.5) is 10.1 Å². The molecule has 0 bridgehead atoms. The van der Waals surface area contributed by atoms with Crippen LogP contribution in [0.5, 0.6) is 11.8 Å². The largest absolute Gasteiger partial charge is 0.421 e. The summed E-state index contributed by atoms with van der Waals surface area (Å²) in [5.74, 6) is 0.647. The second-order valence-corrected chi connectivity index (χ2v) is 10.2. The number of ether oxygens (including phenoxy) is 1. The van der Waals surface area contributed by atoms with E-state index < -0.39 is 5.60 Å². The van der Waals surface area contributed by atoms with Crippen molar-refractivity contribution in [3.8, 4) is 11.8 Å². The smallest absolute Gasteiger partial charge is 0.324 e. The lowest BCUT2D eigenvalue weighted by atomic mass is 9.51. The van der Waals surface area contributed by atoms with Crippen LogP contribution >= 0.6 is 0 Å². The summed E-state index contributed by atoms with van der Waals surface area (Å²) >= 11 is 0. The number of nitrogens with one attached hydrogen (secondary N) is 2. The molecule has 1 spiro atoms. The first-order chi connectivity index (χ1) is 16.2.